The molecule has 0 atom stereocenters. The average molecular weight is 437 g/mol. The molecule has 0 aliphatic carbocycles. The molecule has 0 aliphatic rings. The molecule has 2 aromatic heterocycles. The molecule has 0 unspecified atom stereocenters. The van der Waals surface area contributed by atoms with Crippen molar-refractivity contribution in [2.24, 2.45) is 0 Å². The molecule has 7 nitrogen and oxygen atoms in total. The number of benzene rings is 2. The van der Waals surface area contributed by atoms with Gasteiger partial charge in [0.05, 0.1) is 7.11 Å². The van der Waals surface area contributed by atoms with Crippen LogP contribution in [0.5, 0.6) is 5.75 Å². The molecule has 0 saturated carbocycles. The van der Waals surface area contributed by atoms with Crippen molar-refractivity contribution < 1.29 is 9.15 Å². The predicted molar refractivity (Wildman–Crippen MR) is 123 cm³/mol. The zero-order valence-electron chi connectivity index (χ0n) is 17.9. The van der Waals surface area contributed by atoms with Gasteiger partial charge in [-0.25, -0.2) is 9.47 Å². The molecule has 0 spiro atoms. The summed E-state index contributed by atoms with van der Waals surface area (Å²) < 4.78 is 12.0. The highest BCUT2D eigenvalue weighted by Gasteiger charge is 2.16. The summed E-state index contributed by atoms with van der Waals surface area (Å²) in [7, 11) is 1.57. The van der Waals surface area contributed by atoms with Crippen LogP contribution in [0.3, 0.4) is 0 Å². The number of thioether (sulfide) groups is 1. The van der Waals surface area contributed by atoms with E-state index in [4.69, 9.17) is 15.0 Å². The molecule has 2 aromatic carbocycles. The van der Waals surface area contributed by atoms with E-state index in [1.165, 1.54) is 28.1 Å². The fraction of sp³-hybridized carbons (Fsp3) is 0.261. The molecule has 8 heteroatoms. The van der Waals surface area contributed by atoms with Gasteiger partial charge in [0.2, 0.25) is 5.16 Å². The van der Waals surface area contributed by atoms with Gasteiger partial charge in [-0.3, -0.25) is 0 Å². The van der Waals surface area contributed by atoms with Gasteiger partial charge in [-0.15, -0.1) is 10.2 Å². The number of fused-ring (bicyclic) bond motifs is 1. The largest absolute Gasteiger partial charge is 0.497 e. The van der Waals surface area contributed by atoms with Gasteiger partial charge in [0.15, 0.2) is 5.82 Å². The minimum absolute atomic E-state index is 0.0745. The Kier molecular flexibility index (Phi) is 5.49. The van der Waals surface area contributed by atoms with E-state index in [0.717, 1.165) is 16.5 Å². The van der Waals surface area contributed by atoms with E-state index in [9.17, 15) is 4.79 Å². The number of nitrogen functional groups attached to an aromatic ring is 1. The molecular formula is C23H24N4O3S. The fourth-order valence-corrected chi connectivity index (χ4v) is 4.14. The summed E-state index contributed by atoms with van der Waals surface area (Å²) in [4.78, 5) is 12.0. The molecule has 0 saturated heterocycles. The van der Waals surface area contributed by atoms with E-state index in [1.54, 1.807) is 13.2 Å². The number of nitrogens with zero attached hydrogens (tertiary/aromatic N) is 3. The number of methoxy groups -OCH3 is 1. The summed E-state index contributed by atoms with van der Waals surface area (Å²) >= 11 is 1.41. The molecule has 4 rings (SSSR count). The highest BCUT2D eigenvalue weighted by Crippen LogP contribution is 2.30. The van der Waals surface area contributed by atoms with Gasteiger partial charge in [-0.05, 0) is 28.7 Å². The second-order valence-corrected chi connectivity index (χ2v) is 9.19. The highest BCUT2D eigenvalue weighted by atomic mass is 32.2. The van der Waals surface area contributed by atoms with Gasteiger partial charge >= 0.3 is 5.63 Å². The molecular weight excluding hydrogens is 412 g/mol. The third-order valence-corrected chi connectivity index (χ3v) is 6.06. The third-order valence-electron chi connectivity index (χ3n) is 5.07. The summed E-state index contributed by atoms with van der Waals surface area (Å²) in [5.74, 6) is 7.99. The van der Waals surface area contributed by atoms with Gasteiger partial charge in [0.1, 0.15) is 11.3 Å². The van der Waals surface area contributed by atoms with Crippen LogP contribution in [0.1, 0.15) is 31.9 Å². The van der Waals surface area contributed by atoms with Crippen molar-refractivity contribution in [3.8, 4) is 17.1 Å². The lowest BCUT2D eigenvalue weighted by molar-refractivity contribution is 0.414. The molecule has 0 fully saturated rings. The van der Waals surface area contributed by atoms with Crippen molar-refractivity contribution in [3.63, 3.8) is 0 Å². The Balaban J connectivity index is 1.58. The Morgan fingerprint density at radius 3 is 2.52 bits per heavy atom. The van der Waals surface area contributed by atoms with Crippen molar-refractivity contribution in [1.82, 2.24) is 14.9 Å². The van der Waals surface area contributed by atoms with Crippen molar-refractivity contribution in [3.05, 3.63) is 70.1 Å². The first-order valence-electron chi connectivity index (χ1n) is 9.81. The lowest BCUT2D eigenvalue weighted by atomic mass is 9.87. The summed E-state index contributed by atoms with van der Waals surface area (Å²) in [6.45, 7) is 6.52. The minimum Gasteiger partial charge on any atom is -0.497 e. The van der Waals surface area contributed by atoms with Gasteiger partial charge in [-0.1, -0.05) is 56.8 Å². The van der Waals surface area contributed by atoms with Crippen LogP contribution in [0.4, 0.5) is 0 Å². The van der Waals surface area contributed by atoms with Crippen LogP contribution < -0.4 is 16.2 Å². The summed E-state index contributed by atoms with van der Waals surface area (Å²) in [5.41, 5.74) is 3.11. The molecule has 0 aliphatic heterocycles. The van der Waals surface area contributed by atoms with E-state index >= 15 is 0 Å². The summed E-state index contributed by atoms with van der Waals surface area (Å²) in [5, 5.41) is 9.90. The van der Waals surface area contributed by atoms with Gasteiger partial charge in [0, 0.05) is 28.8 Å². The molecule has 31 heavy (non-hydrogen) atoms. The van der Waals surface area contributed by atoms with Gasteiger partial charge in [0.25, 0.3) is 0 Å². The molecule has 160 valence electrons. The first-order chi connectivity index (χ1) is 14.8. The number of aromatic nitrogens is 3. The smallest absolute Gasteiger partial charge is 0.336 e. The topological polar surface area (TPSA) is 96.2 Å². The maximum atomic E-state index is 12.0. The zero-order valence-corrected chi connectivity index (χ0v) is 18.7. The summed E-state index contributed by atoms with van der Waals surface area (Å²) in [6.07, 6.45) is 0. The normalized spacial score (nSPS) is 11.7. The number of ether oxygens (including phenoxy) is 1. The highest BCUT2D eigenvalue weighted by molar-refractivity contribution is 7.98. The SMILES string of the molecule is COc1ccc2c(CSc3nnc(-c4ccc(C(C)(C)C)cc4)n3N)cc(=O)oc2c1. The van der Waals surface area contributed by atoms with Crippen LogP contribution in [-0.4, -0.2) is 22.0 Å². The van der Waals surface area contributed by atoms with Crippen molar-refractivity contribution in [2.75, 3.05) is 13.0 Å². The van der Waals surface area contributed by atoms with E-state index in [-0.39, 0.29) is 5.41 Å². The quantitative estimate of drug-likeness (QED) is 0.282. The maximum absolute atomic E-state index is 12.0. The van der Waals surface area contributed by atoms with E-state index in [0.29, 0.717) is 28.1 Å². The minimum atomic E-state index is -0.412. The number of nitrogens with two attached hydrogens (primary N) is 1. The molecule has 0 radical (unpaired) electrons. The lowest BCUT2D eigenvalue weighted by Crippen LogP contribution is -2.12. The van der Waals surface area contributed by atoms with Gasteiger partial charge in [-0.2, -0.15) is 0 Å². The number of hydrogen-bond donors (Lipinski definition) is 1. The van der Waals surface area contributed by atoms with Crippen LogP contribution in [0.15, 0.2) is 62.9 Å². The second kappa shape index (κ2) is 8.11. The molecule has 0 bridgehead atoms. The van der Waals surface area contributed by atoms with Crippen LogP contribution in [0, 0.1) is 0 Å². The third kappa shape index (κ3) is 4.29. The van der Waals surface area contributed by atoms with Crippen LogP contribution >= 0.6 is 11.8 Å². The zero-order chi connectivity index (χ0) is 22.2. The Hall–Kier alpha value is -3.26. The molecule has 4 aromatic rings. The van der Waals surface area contributed by atoms with E-state index in [1.807, 2.05) is 24.3 Å². The fourth-order valence-electron chi connectivity index (χ4n) is 3.29. The van der Waals surface area contributed by atoms with Crippen molar-refractivity contribution >= 4 is 22.7 Å². The van der Waals surface area contributed by atoms with Crippen LogP contribution in [0.25, 0.3) is 22.4 Å². The van der Waals surface area contributed by atoms with E-state index < -0.39 is 5.63 Å². The van der Waals surface area contributed by atoms with Crippen molar-refractivity contribution in [1.29, 1.82) is 0 Å². The second-order valence-electron chi connectivity index (χ2n) is 8.24. The predicted octanol–water partition coefficient (Wildman–Crippen LogP) is 4.36. The molecule has 2 heterocycles. The number of rotatable bonds is 5. The Morgan fingerprint density at radius 2 is 1.84 bits per heavy atom. The molecule has 0 amide bonds. The molecule has 2 N–H and O–H groups in total. The first kappa shape index (κ1) is 21.0. The van der Waals surface area contributed by atoms with E-state index in [2.05, 4.69) is 43.1 Å². The Labute approximate surface area is 184 Å². The van der Waals surface area contributed by atoms with Crippen LogP contribution in [0.2, 0.25) is 0 Å². The maximum Gasteiger partial charge on any atom is 0.336 e. The monoisotopic (exact) mass is 436 g/mol. The Bertz CT molecular complexity index is 1290. The summed E-state index contributed by atoms with van der Waals surface area (Å²) in [6, 6.07) is 15.1. The first-order valence-corrected chi connectivity index (χ1v) is 10.8. The average Bonchev–Trinajstić information content (AvgIpc) is 3.11. The van der Waals surface area contributed by atoms with Crippen molar-refractivity contribution in [2.45, 2.75) is 37.1 Å². The van der Waals surface area contributed by atoms with Crippen LogP contribution in [-0.2, 0) is 11.2 Å². The number of hydrogen-bond acceptors (Lipinski definition) is 7. The standard InChI is InChI=1S/C23H24N4O3S/c1-23(2,3)16-7-5-14(6-8-16)21-25-26-22(27(21)24)31-13-15-11-20(28)30-19-12-17(29-4)9-10-18(15)19/h5-12H,13,24H2,1-4H3. The van der Waals surface area contributed by atoms with Gasteiger partial charge < -0.3 is 15.0 Å². The lowest BCUT2D eigenvalue weighted by Gasteiger charge is -2.19. The Morgan fingerprint density at radius 1 is 1.10 bits per heavy atom.